The monoisotopic (exact) mass is 421 g/mol. The summed E-state index contributed by atoms with van der Waals surface area (Å²) in [6, 6.07) is 10.2. The van der Waals surface area contributed by atoms with Crippen LogP contribution in [0.2, 0.25) is 0 Å². The number of rotatable bonds is 7. The van der Waals surface area contributed by atoms with Gasteiger partial charge in [-0.25, -0.2) is 9.97 Å². The van der Waals surface area contributed by atoms with Gasteiger partial charge in [0.2, 0.25) is 0 Å². The van der Waals surface area contributed by atoms with E-state index in [0.29, 0.717) is 29.4 Å². The molecule has 0 atom stereocenters. The molecule has 0 spiro atoms. The van der Waals surface area contributed by atoms with Crippen molar-refractivity contribution in [3.05, 3.63) is 47.0 Å². The molecule has 31 heavy (non-hydrogen) atoms. The van der Waals surface area contributed by atoms with Gasteiger partial charge in [-0.15, -0.1) is 0 Å². The molecule has 8 heteroatoms. The number of ether oxygens (including phenoxy) is 2. The smallest absolute Gasteiger partial charge is 0.264 e. The molecule has 0 unspecified atom stereocenters. The number of fused-ring (bicyclic) bond motifs is 1. The van der Waals surface area contributed by atoms with Crippen LogP contribution in [0, 0.1) is 0 Å². The number of morpholine rings is 1. The van der Waals surface area contributed by atoms with Gasteiger partial charge < -0.3 is 19.4 Å². The first kappa shape index (κ1) is 20.0. The third-order valence-corrected chi connectivity index (χ3v) is 5.75. The van der Waals surface area contributed by atoms with E-state index >= 15 is 0 Å². The number of pyridine rings is 1. The molecule has 5 rings (SSSR count). The molecule has 1 saturated carbocycles. The number of hydrogen-bond acceptors (Lipinski definition) is 7. The molecular formula is C23H27N5O3. The molecule has 2 fully saturated rings. The van der Waals surface area contributed by atoms with E-state index in [-0.39, 0.29) is 5.56 Å². The van der Waals surface area contributed by atoms with Crippen molar-refractivity contribution in [3.63, 3.8) is 0 Å². The molecule has 0 amide bonds. The Morgan fingerprint density at radius 2 is 1.97 bits per heavy atom. The first-order chi connectivity index (χ1) is 15.2. The lowest BCUT2D eigenvalue weighted by Gasteiger charge is -2.26. The van der Waals surface area contributed by atoms with Gasteiger partial charge >= 0.3 is 0 Å². The van der Waals surface area contributed by atoms with E-state index in [1.165, 1.54) is 4.57 Å². The summed E-state index contributed by atoms with van der Waals surface area (Å²) in [6.07, 6.45) is 3.76. The SMILES string of the molecule is Cn1cnc2cc(-c3ccc(OCCN4CCOCC4)cc3)nc(NC3CC3)c2c1=O. The van der Waals surface area contributed by atoms with Crippen molar-refractivity contribution >= 4 is 16.7 Å². The minimum atomic E-state index is -0.0868. The van der Waals surface area contributed by atoms with E-state index < -0.39 is 0 Å². The third kappa shape index (κ3) is 4.55. The maximum absolute atomic E-state index is 12.7. The van der Waals surface area contributed by atoms with Gasteiger partial charge in [-0.2, -0.15) is 0 Å². The Morgan fingerprint density at radius 3 is 2.71 bits per heavy atom. The number of benzene rings is 1. The summed E-state index contributed by atoms with van der Waals surface area (Å²) in [6.45, 7) is 5.07. The van der Waals surface area contributed by atoms with Crippen molar-refractivity contribution in [2.75, 3.05) is 44.8 Å². The van der Waals surface area contributed by atoms with E-state index in [4.69, 9.17) is 14.5 Å². The molecule has 0 radical (unpaired) electrons. The zero-order chi connectivity index (χ0) is 21.2. The first-order valence-electron chi connectivity index (χ1n) is 10.8. The van der Waals surface area contributed by atoms with Gasteiger partial charge in [-0.3, -0.25) is 9.69 Å². The summed E-state index contributed by atoms with van der Waals surface area (Å²) in [5.41, 5.74) is 2.32. The van der Waals surface area contributed by atoms with E-state index in [1.807, 2.05) is 30.3 Å². The molecule has 1 saturated heterocycles. The topological polar surface area (TPSA) is 81.5 Å². The summed E-state index contributed by atoms with van der Waals surface area (Å²) >= 11 is 0. The Balaban J connectivity index is 1.35. The fourth-order valence-electron chi connectivity index (χ4n) is 3.73. The standard InChI is InChI=1S/C23H27N5O3/c1-27-15-24-20-14-19(26-22(21(20)23(27)29)25-17-4-5-17)16-2-6-18(7-3-16)31-13-10-28-8-11-30-12-9-28/h2-3,6-7,14-15,17H,4-5,8-13H2,1H3,(H,25,26). The van der Waals surface area contributed by atoms with Gasteiger partial charge in [0.25, 0.3) is 5.56 Å². The molecule has 1 aliphatic carbocycles. The zero-order valence-corrected chi connectivity index (χ0v) is 17.7. The fourth-order valence-corrected chi connectivity index (χ4v) is 3.73. The lowest BCUT2D eigenvalue weighted by Crippen LogP contribution is -2.38. The minimum Gasteiger partial charge on any atom is -0.492 e. The predicted octanol–water partition coefficient (Wildman–Crippen LogP) is 2.28. The molecule has 3 aromatic rings. The maximum Gasteiger partial charge on any atom is 0.264 e. The lowest BCUT2D eigenvalue weighted by molar-refractivity contribution is 0.0322. The molecule has 1 aromatic carbocycles. The second kappa shape index (κ2) is 8.64. The van der Waals surface area contributed by atoms with Crippen LogP contribution in [0.1, 0.15) is 12.8 Å². The van der Waals surface area contributed by atoms with E-state index in [9.17, 15) is 4.79 Å². The summed E-state index contributed by atoms with van der Waals surface area (Å²) in [5, 5.41) is 3.95. The van der Waals surface area contributed by atoms with Crippen LogP contribution in [0.4, 0.5) is 5.82 Å². The average Bonchev–Trinajstić information content (AvgIpc) is 3.61. The zero-order valence-electron chi connectivity index (χ0n) is 17.7. The lowest BCUT2D eigenvalue weighted by atomic mass is 10.1. The Labute approximate surface area is 180 Å². The third-order valence-electron chi connectivity index (χ3n) is 5.75. The quantitative estimate of drug-likeness (QED) is 0.627. The van der Waals surface area contributed by atoms with E-state index in [0.717, 1.165) is 62.7 Å². The maximum atomic E-state index is 12.7. The molecule has 2 aromatic heterocycles. The van der Waals surface area contributed by atoms with Crippen molar-refractivity contribution in [2.45, 2.75) is 18.9 Å². The van der Waals surface area contributed by atoms with Crippen LogP contribution in [-0.4, -0.2) is 64.9 Å². The van der Waals surface area contributed by atoms with Gasteiger partial charge in [0.1, 0.15) is 23.6 Å². The number of nitrogens with one attached hydrogen (secondary N) is 1. The van der Waals surface area contributed by atoms with Crippen LogP contribution >= 0.6 is 0 Å². The van der Waals surface area contributed by atoms with Gasteiger partial charge in [0.05, 0.1) is 30.8 Å². The van der Waals surface area contributed by atoms with Crippen molar-refractivity contribution in [2.24, 2.45) is 7.05 Å². The van der Waals surface area contributed by atoms with Crippen molar-refractivity contribution < 1.29 is 9.47 Å². The van der Waals surface area contributed by atoms with Crippen LogP contribution in [0.15, 0.2) is 41.5 Å². The summed E-state index contributed by atoms with van der Waals surface area (Å²) in [5.74, 6) is 1.45. The van der Waals surface area contributed by atoms with Crippen LogP contribution in [0.25, 0.3) is 22.2 Å². The van der Waals surface area contributed by atoms with Crippen molar-refractivity contribution in [3.8, 4) is 17.0 Å². The Bertz CT molecular complexity index is 1120. The van der Waals surface area contributed by atoms with Crippen molar-refractivity contribution in [1.29, 1.82) is 0 Å². The number of anilines is 1. The summed E-state index contributed by atoms with van der Waals surface area (Å²) in [7, 11) is 1.71. The first-order valence-corrected chi connectivity index (χ1v) is 10.8. The van der Waals surface area contributed by atoms with Gasteiger partial charge in [-0.05, 0) is 43.2 Å². The molecule has 1 aliphatic heterocycles. The second-order valence-corrected chi connectivity index (χ2v) is 8.16. The highest BCUT2D eigenvalue weighted by Crippen LogP contribution is 2.30. The van der Waals surface area contributed by atoms with Gasteiger partial charge in [0, 0.05) is 38.3 Å². The number of aromatic nitrogens is 3. The van der Waals surface area contributed by atoms with Gasteiger partial charge in [0.15, 0.2) is 0 Å². The molecule has 8 nitrogen and oxygen atoms in total. The number of nitrogens with zero attached hydrogens (tertiary/aromatic N) is 4. The molecule has 0 bridgehead atoms. The summed E-state index contributed by atoms with van der Waals surface area (Å²) in [4.78, 5) is 24.3. The molecular weight excluding hydrogens is 394 g/mol. The van der Waals surface area contributed by atoms with Crippen molar-refractivity contribution in [1.82, 2.24) is 19.4 Å². The largest absolute Gasteiger partial charge is 0.492 e. The number of hydrogen-bond donors (Lipinski definition) is 1. The normalized spacial score (nSPS) is 17.1. The van der Waals surface area contributed by atoms with Gasteiger partial charge in [-0.1, -0.05) is 0 Å². The highest BCUT2D eigenvalue weighted by atomic mass is 16.5. The molecule has 1 N–H and O–H groups in total. The van der Waals surface area contributed by atoms with E-state index in [2.05, 4.69) is 15.2 Å². The predicted molar refractivity (Wildman–Crippen MR) is 120 cm³/mol. The fraction of sp³-hybridized carbons (Fsp3) is 0.435. The Kier molecular flexibility index (Phi) is 5.57. The minimum absolute atomic E-state index is 0.0868. The van der Waals surface area contributed by atoms with Crippen LogP contribution in [0.3, 0.4) is 0 Å². The Hall–Kier alpha value is -2.97. The number of aryl methyl sites for hydroxylation is 1. The highest BCUT2D eigenvalue weighted by Gasteiger charge is 2.24. The highest BCUT2D eigenvalue weighted by molar-refractivity contribution is 5.91. The molecule has 3 heterocycles. The molecule has 2 aliphatic rings. The molecule has 162 valence electrons. The summed E-state index contributed by atoms with van der Waals surface area (Å²) < 4.78 is 12.8. The second-order valence-electron chi connectivity index (χ2n) is 8.16. The van der Waals surface area contributed by atoms with E-state index in [1.54, 1.807) is 13.4 Å². The average molecular weight is 422 g/mol. The Morgan fingerprint density at radius 1 is 1.19 bits per heavy atom. The van der Waals surface area contributed by atoms with Crippen LogP contribution in [-0.2, 0) is 11.8 Å². The van der Waals surface area contributed by atoms with Crippen LogP contribution < -0.4 is 15.6 Å². The van der Waals surface area contributed by atoms with Crippen LogP contribution in [0.5, 0.6) is 5.75 Å².